The van der Waals surface area contributed by atoms with Crippen LogP contribution >= 0.6 is 0 Å². The van der Waals surface area contributed by atoms with Crippen molar-refractivity contribution >= 4 is 5.97 Å². The van der Waals surface area contributed by atoms with Crippen LogP contribution in [0.3, 0.4) is 0 Å². The van der Waals surface area contributed by atoms with Gasteiger partial charge in [-0.15, -0.1) is 6.42 Å². The maximum atomic E-state index is 11.1. The number of hydrogen-bond donors (Lipinski definition) is 1. The van der Waals surface area contributed by atoms with Gasteiger partial charge in [-0.05, 0) is 36.1 Å². The molecule has 0 radical (unpaired) electrons. The zero-order chi connectivity index (χ0) is 12.1. The fourth-order valence-electron chi connectivity index (χ4n) is 1.87. The zero-order valence-electron chi connectivity index (χ0n) is 9.66. The summed E-state index contributed by atoms with van der Waals surface area (Å²) in [5.74, 6) is 1.37. The molecule has 84 valence electrons. The molecule has 1 aromatic rings. The Bertz CT molecular complexity index is 427. The Balaban J connectivity index is 3.23. The largest absolute Gasteiger partial charge is 0.481 e. The first-order valence-corrected chi connectivity index (χ1v) is 5.46. The monoisotopic (exact) mass is 216 g/mol. The van der Waals surface area contributed by atoms with Gasteiger partial charge in [-0.25, -0.2) is 0 Å². The second-order valence-electron chi connectivity index (χ2n) is 3.71. The first-order valence-electron chi connectivity index (χ1n) is 5.46. The van der Waals surface area contributed by atoms with E-state index in [1.54, 1.807) is 6.07 Å². The van der Waals surface area contributed by atoms with Crippen LogP contribution in [0.25, 0.3) is 0 Å². The molecule has 1 rings (SSSR count). The van der Waals surface area contributed by atoms with Crippen molar-refractivity contribution in [3.05, 3.63) is 34.9 Å². The first-order chi connectivity index (χ1) is 7.63. The summed E-state index contributed by atoms with van der Waals surface area (Å²) in [6.07, 6.45) is 6.72. The van der Waals surface area contributed by atoms with Crippen molar-refractivity contribution in [2.75, 3.05) is 0 Å². The van der Waals surface area contributed by atoms with Crippen molar-refractivity contribution in [2.45, 2.75) is 32.6 Å². The Morgan fingerprint density at radius 2 is 2.19 bits per heavy atom. The third-order valence-corrected chi connectivity index (χ3v) is 2.77. The maximum Gasteiger partial charge on any atom is 0.310 e. The van der Waals surface area contributed by atoms with E-state index in [1.807, 2.05) is 26.0 Å². The molecule has 16 heavy (non-hydrogen) atoms. The summed E-state index contributed by atoms with van der Waals surface area (Å²) in [5, 5.41) is 9.13. The highest BCUT2D eigenvalue weighted by Gasteiger charge is 2.19. The summed E-state index contributed by atoms with van der Waals surface area (Å²) in [7, 11) is 0. The van der Waals surface area contributed by atoms with Crippen LogP contribution < -0.4 is 0 Å². The van der Waals surface area contributed by atoms with Crippen LogP contribution in [-0.4, -0.2) is 11.1 Å². The predicted octanol–water partition coefficient (Wildman–Crippen LogP) is 2.81. The molecule has 1 unspecified atom stereocenters. The molecule has 0 aliphatic heterocycles. The van der Waals surface area contributed by atoms with E-state index in [0.717, 1.165) is 23.1 Å². The van der Waals surface area contributed by atoms with Crippen LogP contribution in [0.1, 0.15) is 42.9 Å². The van der Waals surface area contributed by atoms with Crippen LogP contribution in [0.2, 0.25) is 0 Å². The number of aliphatic carboxylic acids is 1. The average Bonchev–Trinajstić information content (AvgIpc) is 2.29. The number of rotatable bonds is 4. The van der Waals surface area contributed by atoms with Crippen molar-refractivity contribution < 1.29 is 9.90 Å². The fraction of sp³-hybridized carbons (Fsp3) is 0.357. The third kappa shape index (κ3) is 2.43. The van der Waals surface area contributed by atoms with E-state index in [9.17, 15) is 4.79 Å². The quantitative estimate of drug-likeness (QED) is 0.786. The van der Waals surface area contributed by atoms with Crippen LogP contribution in [0.5, 0.6) is 0 Å². The summed E-state index contributed by atoms with van der Waals surface area (Å²) < 4.78 is 0. The van der Waals surface area contributed by atoms with E-state index in [-0.39, 0.29) is 0 Å². The van der Waals surface area contributed by atoms with E-state index in [0.29, 0.717) is 6.42 Å². The van der Waals surface area contributed by atoms with Crippen molar-refractivity contribution in [1.82, 2.24) is 0 Å². The molecule has 0 fully saturated rings. The summed E-state index contributed by atoms with van der Waals surface area (Å²) in [6, 6.07) is 5.55. The Morgan fingerprint density at radius 3 is 2.62 bits per heavy atom. The minimum atomic E-state index is -0.773. The van der Waals surface area contributed by atoms with Crippen molar-refractivity contribution in [2.24, 2.45) is 0 Å². The van der Waals surface area contributed by atoms with E-state index in [2.05, 4.69) is 5.92 Å². The van der Waals surface area contributed by atoms with Gasteiger partial charge >= 0.3 is 5.97 Å². The molecule has 1 atom stereocenters. The Kier molecular flexibility index (Phi) is 4.13. The summed E-state index contributed by atoms with van der Waals surface area (Å²) in [6.45, 7) is 3.89. The second kappa shape index (κ2) is 5.37. The van der Waals surface area contributed by atoms with E-state index >= 15 is 0 Å². The highest BCUT2D eigenvalue weighted by molar-refractivity contribution is 5.76. The molecular weight excluding hydrogens is 200 g/mol. The van der Waals surface area contributed by atoms with Gasteiger partial charge in [0.1, 0.15) is 0 Å². The van der Waals surface area contributed by atoms with Crippen LogP contribution in [0.15, 0.2) is 18.2 Å². The molecule has 0 spiro atoms. The molecule has 0 aliphatic rings. The highest BCUT2D eigenvalue weighted by Crippen LogP contribution is 2.25. The van der Waals surface area contributed by atoms with Gasteiger partial charge in [0.25, 0.3) is 0 Å². The minimum Gasteiger partial charge on any atom is -0.481 e. The molecule has 2 nitrogen and oxygen atoms in total. The van der Waals surface area contributed by atoms with Crippen molar-refractivity contribution in [1.29, 1.82) is 0 Å². The second-order valence-corrected chi connectivity index (χ2v) is 3.71. The fourth-order valence-corrected chi connectivity index (χ4v) is 1.87. The zero-order valence-corrected chi connectivity index (χ0v) is 9.66. The molecule has 0 aliphatic carbocycles. The lowest BCUT2D eigenvalue weighted by Gasteiger charge is -2.14. The number of carboxylic acids is 1. The topological polar surface area (TPSA) is 37.3 Å². The van der Waals surface area contributed by atoms with Crippen molar-refractivity contribution in [3.8, 4) is 12.3 Å². The predicted molar refractivity (Wildman–Crippen MR) is 64.4 cm³/mol. The molecular formula is C14H16O2. The van der Waals surface area contributed by atoms with Gasteiger partial charge in [-0.2, -0.15) is 0 Å². The highest BCUT2D eigenvalue weighted by atomic mass is 16.4. The molecule has 0 aromatic heterocycles. The molecule has 0 saturated heterocycles. The minimum absolute atomic E-state index is 0.429. The summed E-state index contributed by atoms with van der Waals surface area (Å²) in [4.78, 5) is 11.1. The van der Waals surface area contributed by atoms with Gasteiger partial charge in [0.05, 0.1) is 5.92 Å². The van der Waals surface area contributed by atoms with Gasteiger partial charge in [0.15, 0.2) is 0 Å². The van der Waals surface area contributed by atoms with Crippen LogP contribution in [-0.2, 0) is 11.2 Å². The molecule has 0 amide bonds. The van der Waals surface area contributed by atoms with E-state index in [4.69, 9.17) is 11.5 Å². The molecule has 1 aromatic carbocycles. The van der Waals surface area contributed by atoms with Crippen molar-refractivity contribution in [3.63, 3.8) is 0 Å². The van der Waals surface area contributed by atoms with Crippen LogP contribution in [0, 0.1) is 12.3 Å². The lowest BCUT2D eigenvalue weighted by Crippen LogP contribution is -2.12. The van der Waals surface area contributed by atoms with Gasteiger partial charge in [0, 0.05) is 5.56 Å². The lowest BCUT2D eigenvalue weighted by molar-refractivity contribution is -0.138. The molecule has 2 heteroatoms. The van der Waals surface area contributed by atoms with Crippen LogP contribution in [0.4, 0.5) is 0 Å². The number of hydrogen-bond acceptors (Lipinski definition) is 1. The number of terminal acetylenes is 1. The Hall–Kier alpha value is -1.75. The first kappa shape index (κ1) is 12.3. The SMILES string of the molecule is C#Cc1ccc(C(CC)C(=O)O)c(CC)c1. The summed E-state index contributed by atoms with van der Waals surface area (Å²) in [5.41, 5.74) is 2.72. The van der Waals surface area contributed by atoms with E-state index in [1.165, 1.54) is 0 Å². The van der Waals surface area contributed by atoms with E-state index < -0.39 is 11.9 Å². The molecule has 0 saturated carbocycles. The number of aryl methyl sites for hydroxylation is 1. The molecule has 0 heterocycles. The number of benzene rings is 1. The third-order valence-electron chi connectivity index (χ3n) is 2.77. The lowest BCUT2D eigenvalue weighted by atomic mass is 9.90. The Labute approximate surface area is 96.3 Å². The number of carbonyl (C=O) groups is 1. The smallest absolute Gasteiger partial charge is 0.310 e. The maximum absolute atomic E-state index is 11.1. The van der Waals surface area contributed by atoms with Gasteiger partial charge in [-0.1, -0.05) is 25.8 Å². The molecule has 1 N–H and O–H groups in total. The number of carboxylic acid groups (broad SMARTS) is 1. The van der Waals surface area contributed by atoms with Gasteiger partial charge in [0.2, 0.25) is 0 Å². The Morgan fingerprint density at radius 1 is 1.50 bits per heavy atom. The van der Waals surface area contributed by atoms with Gasteiger partial charge in [-0.3, -0.25) is 4.79 Å². The van der Waals surface area contributed by atoms with Gasteiger partial charge < -0.3 is 5.11 Å². The average molecular weight is 216 g/mol. The molecule has 0 bridgehead atoms. The summed E-state index contributed by atoms with van der Waals surface area (Å²) >= 11 is 0. The standard InChI is InChI=1S/C14H16O2/c1-4-10-7-8-13(11(5-2)9-10)12(6-3)14(15)16/h1,7-9,12H,5-6H2,2-3H3,(H,15,16). The normalized spacial score (nSPS) is 11.8.